The zero-order chi connectivity index (χ0) is 21.7. The number of hydrogen-bond donors (Lipinski definition) is 1. The van der Waals surface area contributed by atoms with Gasteiger partial charge in [-0.2, -0.15) is 0 Å². The molecule has 2 amide bonds. The summed E-state index contributed by atoms with van der Waals surface area (Å²) < 4.78 is 3.81. The number of carbonyl (C=O) groups is 2. The van der Waals surface area contributed by atoms with Gasteiger partial charge in [0.2, 0.25) is 5.91 Å². The third kappa shape index (κ3) is 5.64. The molecule has 2 aromatic carbocycles. The van der Waals surface area contributed by atoms with Crippen LogP contribution in [0.2, 0.25) is 5.02 Å². The fourth-order valence-electron chi connectivity index (χ4n) is 3.02. The van der Waals surface area contributed by atoms with Gasteiger partial charge in [-0.05, 0) is 55.6 Å². The molecule has 0 aliphatic rings. The number of aromatic nitrogens is 2. The fourth-order valence-corrected chi connectivity index (χ4v) is 3.57. The topological polar surface area (TPSA) is 75.2 Å². The number of rotatable bonds is 6. The predicted molar refractivity (Wildman–Crippen MR) is 118 cm³/mol. The van der Waals surface area contributed by atoms with Gasteiger partial charge < -0.3 is 10.2 Å². The fraction of sp³-hybridized carbons (Fsp3) is 0.273. The van der Waals surface area contributed by atoms with Gasteiger partial charge >= 0.3 is 0 Å². The van der Waals surface area contributed by atoms with E-state index in [0.29, 0.717) is 10.6 Å². The summed E-state index contributed by atoms with van der Waals surface area (Å²) in [6, 6.07) is 15.6. The molecule has 1 heterocycles. The van der Waals surface area contributed by atoms with Gasteiger partial charge in [0.15, 0.2) is 5.69 Å². The maximum Gasteiger partial charge on any atom is 0.276 e. The lowest BCUT2D eigenvalue weighted by Gasteiger charge is -2.33. The minimum atomic E-state index is -0.838. The van der Waals surface area contributed by atoms with Gasteiger partial charge in [0.25, 0.3) is 5.91 Å². The normalized spacial score (nSPS) is 12.3. The molecular formula is C22H23ClN4O2S. The molecule has 1 atom stereocenters. The number of nitrogens with one attached hydrogen (secondary N) is 1. The second kappa shape index (κ2) is 9.36. The van der Waals surface area contributed by atoms with Crippen molar-refractivity contribution in [3.8, 4) is 0 Å². The molecule has 0 bridgehead atoms. The van der Waals surface area contributed by atoms with Gasteiger partial charge in [-0.1, -0.05) is 58.6 Å². The second-order valence-electron chi connectivity index (χ2n) is 7.90. The van der Waals surface area contributed by atoms with Crippen LogP contribution >= 0.6 is 23.1 Å². The first-order valence-electron chi connectivity index (χ1n) is 9.44. The van der Waals surface area contributed by atoms with Gasteiger partial charge in [0.05, 0.1) is 0 Å². The molecule has 6 nitrogen and oxygen atoms in total. The Labute approximate surface area is 185 Å². The first-order chi connectivity index (χ1) is 14.2. The highest BCUT2D eigenvalue weighted by Gasteiger charge is 2.34. The summed E-state index contributed by atoms with van der Waals surface area (Å²) in [7, 11) is 0. The lowest BCUT2D eigenvalue weighted by molar-refractivity contribution is -0.127. The zero-order valence-electron chi connectivity index (χ0n) is 17.0. The molecule has 156 valence electrons. The zero-order valence-corrected chi connectivity index (χ0v) is 18.6. The smallest absolute Gasteiger partial charge is 0.276 e. The van der Waals surface area contributed by atoms with Crippen molar-refractivity contribution < 1.29 is 9.59 Å². The third-order valence-electron chi connectivity index (χ3n) is 4.28. The largest absolute Gasteiger partial charge is 0.349 e. The van der Waals surface area contributed by atoms with Crippen molar-refractivity contribution >= 4 is 34.9 Å². The third-order valence-corrected chi connectivity index (χ3v) is 5.04. The number of carbonyl (C=O) groups excluding carboxylic acids is 2. The molecule has 1 N–H and O–H groups in total. The highest BCUT2D eigenvalue weighted by molar-refractivity contribution is 7.03. The van der Waals surface area contributed by atoms with Crippen molar-refractivity contribution in [3.05, 3.63) is 81.8 Å². The summed E-state index contributed by atoms with van der Waals surface area (Å²) in [5.41, 5.74) is 1.31. The Kier molecular flexibility index (Phi) is 6.84. The minimum absolute atomic E-state index is 0.207. The van der Waals surface area contributed by atoms with E-state index in [1.807, 2.05) is 63.2 Å². The summed E-state index contributed by atoms with van der Waals surface area (Å²) in [5, 5.41) is 9.12. The van der Waals surface area contributed by atoms with Crippen LogP contribution in [-0.2, 0) is 11.3 Å². The van der Waals surface area contributed by atoms with Crippen LogP contribution in [-0.4, -0.2) is 31.8 Å². The first-order valence-corrected chi connectivity index (χ1v) is 10.7. The second-order valence-corrected chi connectivity index (χ2v) is 8.95. The molecule has 3 rings (SSSR count). The lowest BCUT2D eigenvalue weighted by Crippen LogP contribution is -2.49. The van der Waals surface area contributed by atoms with E-state index in [9.17, 15) is 9.59 Å². The van der Waals surface area contributed by atoms with Gasteiger partial charge in [-0.3, -0.25) is 9.59 Å². The van der Waals surface area contributed by atoms with E-state index in [1.54, 1.807) is 17.5 Å². The Morgan fingerprint density at radius 1 is 1.10 bits per heavy atom. The highest BCUT2D eigenvalue weighted by Crippen LogP contribution is 2.27. The Bertz CT molecular complexity index is 986. The van der Waals surface area contributed by atoms with E-state index in [0.717, 1.165) is 17.1 Å². The number of hydrogen-bond acceptors (Lipinski definition) is 5. The number of benzene rings is 2. The van der Waals surface area contributed by atoms with Crippen molar-refractivity contribution in [1.29, 1.82) is 0 Å². The van der Waals surface area contributed by atoms with Crippen LogP contribution in [0.15, 0.2) is 60.0 Å². The Hall–Kier alpha value is -2.77. The molecule has 0 spiro atoms. The first kappa shape index (κ1) is 21.9. The average molecular weight is 443 g/mol. The van der Waals surface area contributed by atoms with Gasteiger partial charge in [0, 0.05) is 22.5 Å². The van der Waals surface area contributed by atoms with Crippen LogP contribution in [0.3, 0.4) is 0 Å². The van der Waals surface area contributed by atoms with E-state index < -0.39 is 11.6 Å². The quantitative estimate of drug-likeness (QED) is 0.610. The van der Waals surface area contributed by atoms with Crippen molar-refractivity contribution in [2.75, 3.05) is 0 Å². The van der Waals surface area contributed by atoms with Gasteiger partial charge in [0.1, 0.15) is 6.04 Å². The molecule has 0 saturated carbocycles. The molecule has 0 saturated heterocycles. The standard InChI is InChI=1S/C22H23ClN4O2S/c1-22(2,3)24-20(28)19(16-7-5-4-6-8-16)27(21(29)18-14-30-26-25-18)13-15-9-11-17(23)12-10-15/h4-12,14,19H,13H2,1-3H3,(H,24,28). The molecule has 30 heavy (non-hydrogen) atoms. The van der Waals surface area contributed by atoms with Crippen LogP contribution in [0.4, 0.5) is 0 Å². The molecule has 3 aromatic rings. The molecule has 0 aliphatic heterocycles. The number of amides is 2. The maximum absolute atomic E-state index is 13.4. The maximum atomic E-state index is 13.4. The van der Waals surface area contributed by atoms with E-state index in [4.69, 9.17) is 11.6 Å². The van der Waals surface area contributed by atoms with Crippen LogP contribution in [0, 0.1) is 0 Å². The molecule has 1 aromatic heterocycles. The number of nitrogens with zero attached hydrogens (tertiary/aromatic N) is 3. The molecule has 0 aliphatic carbocycles. The highest BCUT2D eigenvalue weighted by atomic mass is 35.5. The van der Waals surface area contributed by atoms with Crippen LogP contribution in [0.5, 0.6) is 0 Å². The molecular weight excluding hydrogens is 420 g/mol. The molecule has 0 radical (unpaired) electrons. The Balaban J connectivity index is 2.06. The average Bonchev–Trinajstić information content (AvgIpc) is 3.23. The Morgan fingerprint density at radius 2 is 1.77 bits per heavy atom. The summed E-state index contributed by atoms with van der Waals surface area (Å²) in [4.78, 5) is 28.3. The Morgan fingerprint density at radius 3 is 2.33 bits per heavy atom. The van der Waals surface area contributed by atoms with Gasteiger partial charge in [-0.25, -0.2) is 0 Å². The SMILES string of the molecule is CC(C)(C)NC(=O)C(c1ccccc1)N(Cc1ccc(Cl)cc1)C(=O)c1csnn1. The molecule has 1 unspecified atom stereocenters. The van der Waals surface area contributed by atoms with Crippen molar-refractivity contribution in [2.24, 2.45) is 0 Å². The van der Waals surface area contributed by atoms with E-state index in [2.05, 4.69) is 14.9 Å². The lowest BCUT2D eigenvalue weighted by atomic mass is 10.0. The van der Waals surface area contributed by atoms with E-state index in [1.165, 1.54) is 4.90 Å². The minimum Gasteiger partial charge on any atom is -0.349 e. The summed E-state index contributed by atoms with van der Waals surface area (Å²) in [6.45, 7) is 5.93. The predicted octanol–water partition coefficient (Wildman–Crippen LogP) is 4.49. The van der Waals surface area contributed by atoms with Crippen molar-refractivity contribution in [2.45, 2.75) is 38.9 Å². The van der Waals surface area contributed by atoms with E-state index >= 15 is 0 Å². The molecule has 0 fully saturated rings. The monoisotopic (exact) mass is 442 g/mol. The van der Waals surface area contributed by atoms with Crippen LogP contribution in [0.1, 0.15) is 48.4 Å². The molecule has 8 heteroatoms. The van der Waals surface area contributed by atoms with Crippen molar-refractivity contribution in [3.63, 3.8) is 0 Å². The summed E-state index contributed by atoms with van der Waals surface area (Å²) in [6.07, 6.45) is 0. The van der Waals surface area contributed by atoms with Crippen molar-refractivity contribution in [1.82, 2.24) is 19.8 Å². The summed E-state index contributed by atoms with van der Waals surface area (Å²) in [5.74, 6) is -0.629. The van der Waals surface area contributed by atoms with Gasteiger partial charge in [-0.15, -0.1) is 5.10 Å². The number of halogens is 1. The van der Waals surface area contributed by atoms with Crippen LogP contribution in [0.25, 0.3) is 0 Å². The summed E-state index contributed by atoms with van der Waals surface area (Å²) >= 11 is 7.10. The van der Waals surface area contributed by atoms with E-state index in [-0.39, 0.29) is 24.1 Å². The van der Waals surface area contributed by atoms with Crippen LogP contribution < -0.4 is 5.32 Å².